The zero-order valence-electron chi connectivity index (χ0n) is 14.7. The number of carbonyl (C=O) groups excluding carboxylic acids is 2. The Labute approximate surface area is 157 Å². The molecule has 0 unspecified atom stereocenters. The molecule has 2 aliphatic rings. The van der Waals surface area contributed by atoms with Crippen LogP contribution in [-0.2, 0) is 29.0 Å². The second-order valence-corrected chi connectivity index (χ2v) is 8.14. The van der Waals surface area contributed by atoms with Crippen LogP contribution >= 0.6 is 11.3 Å². The maximum Gasteiger partial charge on any atom is 0.229 e. The molecule has 5 nitrogen and oxygen atoms in total. The van der Waals surface area contributed by atoms with E-state index in [1.54, 1.807) is 0 Å². The SMILES string of the molecule is O=C(Nc1nc2c(s1)CN(C(=O)CCCc1ccccc1)CC2)C1CC1. The van der Waals surface area contributed by atoms with Crippen LogP contribution in [0.3, 0.4) is 0 Å². The fraction of sp³-hybridized carbons (Fsp3) is 0.450. The first-order valence-electron chi connectivity index (χ1n) is 9.30. The molecule has 26 heavy (non-hydrogen) atoms. The lowest BCUT2D eigenvalue weighted by molar-refractivity contribution is -0.132. The van der Waals surface area contributed by atoms with Gasteiger partial charge in [0.25, 0.3) is 0 Å². The van der Waals surface area contributed by atoms with Gasteiger partial charge in [0.05, 0.1) is 12.2 Å². The average Bonchev–Trinajstić information content (AvgIpc) is 3.43. The van der Waals surface area contributed by atoms with E-state index in [-0.39, 0.29) is 17.7 Å². The van der Waals surface area contributed by atoms with Crippen LogP contribution in [0.25, 0.3) is 0 Å². The molecular formula is C20H23N3O2S. The second-order valence-electron chi connectivity index (χ2n) is 7.06. The molecule has 1 saturated carbocycles. The first kappa shape index (κ1) is 17.2. The van der Waals surface area contributed by atoms with Gasteiger partial charge in [-0.25, -0.2) is 4.98 Å². The Bertz CT molecular complexity index is 799. The van der Waals surface area contributed by atoms with Crippen LogP contribution in [0.5, 0.6) is 0 Å². The topological polar surface area (TPSA) is 62.3 Å². The fourth-order valence-corrected chi connectivity index (χ4v) is 4.29. The molecule has 1 N–H and O–H groups in total. The summed E-state index contributed by atoms with van der Waals surface area (Å²) in [5, 5.41) is 3.61. The highest BCUT2D eigenvalue weighted by Gasteiger charge is 2.31. The van der Waals surface area contributed by atoms with E-state index in [0.717, 1.165) is 49.2 Å². The summed E-state index contributed by atoms with van der Waals surface area (Å²) in [5.41, 5.74) is 2.31. The number of anilines is 1. The molecule has 1 aromatic carbocycles. The van der Waals surface area contributed by atoms with Crippen molar-refractivity contribution < 1.29 is 9.59 Å². The Morgan fingerprint density at radius 3 is 2.81 bits per heavy atom. The van der Waals surface area contributed by atoms with Crippen molar-refractivity contribution in [3.8, 4) is 0 Å². The summed E-state index contributed by atoms with van der Waals surface area (Å²) >= 11 is 1.51. The van der Waals surface area contributed by atoms with E-state index in [9.17, 15) is 9.59 Å². The summed E-state index contributed by atoms with van der Waals surface area (Å²) in [6.07, 6.45) is 5.13. The van der Waals surface area contributed by atoms with E-state index >= 15 is 0 Å². The molecule has 1 aromatic heterocycles. The Morgan fingerprint density at radius 1 is 1.23 bits per heavy atom. The first-order valence-corrected chi connectivity index (χ1v) is 10.1. The molecule has 0 radical (unpaired) electrons. The van der Waals surface area contributed by atoms with Crippen LogP contribution in [-0.4, -0.2) is 28.2 Å². The van der Waals surface area contributed by atoms with Crippen LogP contribution in [0.15, 0.2) is 30.3 Å². The van der Waals surface area contributed by atoms with E-state index in [2.05, 4.69) is 22.4 Å². The highest BCUT2D eigenvalue weighted by atomic mass is 32.1. The van der Waals surface area contributed by atoms with E-state index in [0.29, 0.717) is 18.1 Å². The lowest BCUT2D eigenvalue weighted by atomic mass is 10.1. The van der Waals surface area contributed by atoms with Crippen LogP contribution < -0.4 is 5.32 Å². The van der Waals surface area contributed by atoms with Crippen LogP contribution in [0.2, 0.25) is 0 Å². The number of thiazole rings is 1. The van der Waals surface area contributed by atoms with E-state index in [1.807, 2.05) is 23.1 Å². The van der Waals surface area contributed by atoms with Gasteiger partial charge in [-0.3, -0.25) is 9.59 Å². The predicted octanol–water partition coefficient (Wildman–Crippen LogP) is 3.40. The molecule has 1 fully saturated rings. The van der Waals surface area contributed by atoms with Crippen molar-refractivity contribution in [2.75, 3.05) is 11.9 Å². The number of rotatable bonds is 6. The summed E-state index contributed by atoms with van der Waals surface area (Å²) in [4.78, 5) is 32.0. The van der Waals surface area contributed by atoms with Gasteiger partial charge in [0.15, 0.2) is 5.13 Å². The Kier molecular flexibility index (Phi) is 5.02. The molecule has 2 amide bonds. The zero-order chi connectivity index (χ0) is 17.9. The van der Waals surface area contributed by atoms with E-state index in [1.165, 1.54) is 16.9 Å². The van der Waals surface area contributed by atoms with E-state index in [4.69, 9.17) is 0 Å². The number of benzene rings is 1. The molecule has 0 atom stereocenters. The average molecular weight is 369 g/mol. The highest BCUT2D eigenvalue weighted by Crippen LogP contribution is 2.33. The third-order valence-electron chi connectivity index (χ3n) is 4.96. The number of aryl methyl sites for hydroxylation is 1. The second kappa shape index (κ2) is 7.58. The molecule has 2 aromatic rings. The molecule has 2 heterocycles. The lowest BCUT2D eigenvalue weighted by Gasteiger charge is -2.26. The zero-order valence-corrected chi connectivity index (χ0v) is 15.6. The summed E-state index contributed by atoms with van der Waals surface area (Å²) < 4.78 is 0. The number of nitrogens with one attached hydrogen (secondary N) is 1. The van der Waals surface area contributed by atoms with Gasteiger partial charge in [0, 0.05) is 30.2 Å². The van der Waals surface area contributed by atoms with E-state index < -0.39 is 0 Å². The molecule has 0 saturated heterocycles. The summed E-state index contributed by atoms with van der Waals surface area (Å²) in [7, 11) is 0. The minimum atomic E-state index is 0.0879. The van der Waals surface area contributed by atoms with Gasteiger partial charge in [0.1, 0.15) is 0 Å². The molecule has 136 valence electrons. The third kappa shape index (κ3) is 4.12. The number of hydrogen-bond donors (Lipinski definition) is 1. The fourth-order valence-electron chi connectivity index (χ4n) is 3.26. The van der Waals surface area contributed by atoms with Gasteiger partial charge in [-0.05, 0) is 31.2 Å². The minimum Gasteiger partial charge on any atom is -0.337 e. The van der Waals surface area contributed by atoms with Crippen molar-refractivity contribution in [1.29, 1.82) is 0 Å². The maximum atomic E-state index is 12.5. The number of aromatic nitrogens is 1. The van der Waals surface area contributed by atoms with Gasteiger partial charge in [0.2, 0.25) is 11.8 Å². The quantitative estimate of drug-likeness (QED) is 0.849. The van der Waals surface area contributed by atoms with Crippen molar-refractivity contribution in [3.63, 3.8) is 0 Å². The number of fused-ring (bicyclic) bond motifs is 1. The summed E-state index contributed by atoms with van der Waals surface area (Å²) in [5.74, 6) is 0.479. The van der Waals surface area contributed by atoms with Crippen molar-refractivity contribution in [2.24, 2.45) is 5.92 Å². The maximum absolute atomic E-state index is 12.5. The number of nitrogens with zero attached hydrogens (tertiary/aromatic N) is 2. The highest BCUT2D eigenvalue weighted by molar-refractivity contribution is 7.15. The van der Waals surface area contributed by atoms with Gasteiger partial charge >= 0.3 is 0 Å². The minimum absolute atomic E-state index is 0.0879. The Hall–Kier alpha value is -2.21. The van der Waals surface area contributed by atoms with Crippen molar-refractivity contribution >= 4 is 28.3 Å². The van der Waals surface area contributed by atoms with Gasteiger partial charge in [-0.1, -0.05) is 41.7 Å². The van der Waals surface area contributed by atoms with Gasteiger partial charge in [-0.2, -0.15) is 0 Å². The van der Waals surface area contributed by atoms with Crippen molar-refractivity contribution in [1.82, 2.24) is 9.88 Å². The monoisotopic (exact) mass is 369 g/mol. The lowest BCUT2D eigenvalue weighted by Crippen LogP contribution is -2.35. The number of carbonyl (C=O) groups is 2. The molecule has 1 aliphatic carbocycles. The van der Waals surface area contributed by atoms with Crippen LogP contribution in [0.4, 0.5) is 5.13 Å². The third-order valence-corrected chi connectivity index (χ3v) is 5.96. The van der Waals surface area contributed by atoms with Gasteiger partial charge < -0.3 is 10.2 Å². The first-order chi connectivity index (χ1) is 12.7. The van der Waals surface area contributed by atoms with Gasteiger partial charge in [-0.15, -0.1) is 0 Å². The molecule has 0 spiro atoms. The van der Waals surface area contributed by atoms with Crippen molar-refractivity contribution in [2.45, 2.75) is 45.1 Å². The number of hydrogen-bond acceptors (Lipinski definition) is 4. The predicted molar refractivity (Wildman–Crippen MR) is 102 cm³/mol. The standard InChI is InChI=1S/C20H23N3O2S/c24-18(8-4-7-14-5-2-1-3-6-14)23-12-11-16-17(13-23)26-20(21-16)22-19(25)15-9-10-15/h1-3,5-6,15H,4,7-13H2,(H,21,22,25). The molecule has 4 rings (SSSR count). The van der Waals surface area contributed by atoms with Crippen LogP contribution in [0, 0.1) is 5.92 Å². The summed E-state index contributed by atoms with van der Waals surface area (Å²) in [6.45, 7) is 1.34. The normalized spacial score (nSPS) is 16.2. The van der Waals surface area contributed by atoms with Crippen LogP contribution in [0.1, 0.15) is 41.8 Å². The summed E-state index contributed by atoms with van der Waals surface area (Å²) in [6, 6.07) is 10.3. The molecule has 1 aliphatic heterocycles. The molecule has 6 heteroatoms. The Balaban J connectivity index is 1.29. The molecular weight excluding hydrogens is 346 g/mol. The number of amides is 2. The molecule has 0 bridgehead atoms. The smallest absolute Gasteiger partial charge is 0.229 e. The largest absolute Gasteiger partial charge is 0.337 e. The Morgan fingerprint density at radius 2 is 2.04 bits per heavy atom. The van der Waals surface area contributed by atoms with Crippen molar-refractivity contribution in [3.05, 3.63) is 46.5 Å².